The van der Waals surface area contributed by atoms with Crippen molar-refractivity contribution < 1.29 is 0 Å². The molecule has 2 aliphatic rings. The lowest BCUT2D eigenvalue weighted by molar-refractivity contribution is 0.00931. The van der Waals surface area contributed by atoms with Gasteiger partial charge in [-0.2, -0.15) is 5.26 Å². The second kappa shape index (κ2) is 12.5. The van der Waals surface area contributed by atoms with Gasteiger partial charge in [-0.15, -0.1) is 0 Å². The van der Waals surface area contributed by atoms with Crippen molar-refractivity contribution in [2.45, 2.75) is 93.4 Å². The third kappa shape index (κ3) is 7.00. The summed E-state index contributed by atoms with van der Waals surface area (Å²) in [6, 6.07) is 2.31. The van der Waals surface area contributed by atoms with Gasteiger partial charge in [0.1, 0.15) is 0 Å². The molecule has 0 heterocycles. The van der Waals surface area contributed by atoms with Crippen molar-refractivity contribution in [3.05, 3.63) is 0 Å². The summed E-state index contributed by atoms with van der Waals surface area (Å²) < 4.78 is 0. The molecule has 19 heavy (non-hydrogen) atoms. The molecule has 2 aliphatic carbocycles. The van der Waals surface area contributed by atoms with Crippen LogP contribution >= 0.6 is 0 Å². The van der Waals surface area contributed by atoms with E-state index in [1.54, 1.807) is 0 Å². The van der Waals surface area contributed by atoms with Gasteiger partial charge < -0.3 is 0 Å². The van der Waals surface area contributed by atoms with Crippen LogP contribution in [0.2, 0.25) is 0 Å². The van der Waals surface area contributed by atoms with Gasteiger partial charge in [0.25, 0.3) is 0 Å². The highest BCUT2D eigenvalue weighted by Crippen LogP contribution is 2.55. The lowest BCUT2D eigenvalue weighted by Gasteiger charge is -2.50. The monoisotopic (exact) mass is 267 g/mol. The third-order valence-electron chi connectivity index (χ3n) is 4.11. The standard InChI is InChI=1S/C12H19N.3C2H6/c1-10-8-12(9-10)5-2-11(3-6-12)4-7-13;3*1-2/h10-11H,2-6,8-9H2,1H3;3*1-2H3. The van der Waals surface area contributed by atoms with Gasteiger partial charge in [-0.1, -0.05) is 48.5 Å². The fraction of sp³-hybridized carbons (Fsp3) is 0.944. The minimum absolute atomic E-state index is 0.728. The molecule has 1 spiro atoms. The lowest BCUT2D eigenvalue weighted by atomic mass is 9.55. The van der Waals surface area contributed by atoms with Crippen LogP contribution in [-0.4, -0.2) is 0 Å². The molecule has 0 radical (unpaired) electrons. The van der Waals surface area contributed by atoms with Crippen molar-refractivity contribution in [1.82, 2.24) is 0 Å². The van der Waals surface area contributed by atoms with Gasteiger partial charge in [0.2, 0.25) is 0 Å². The van der Waals surface area contributed by atoms with E-state index in [4.69, 9.17) is 5.26 Å². The first-order valence-electron chi connectivity index (χ1n) is 8.61. The van der Waals surface area contributed by atoms with Crippen LogP contribution in [0.1, 0.15) is 93.4 Å². The number of hydrogen-bond acceptors (Lipinski definition) is 1. The predicted molar refractivity (Wildman–Crippen MR) is 87.1 cm³/mol. The highest BCUT2D eigenvalue weighted by atomic mass is 14.5. The summed E-state index contributed by atoms with van der Waals surface area (Å²) in [6.07, 6.45) is 9.18. The summed E-state index contributed by atoms with van der Waals surface area (Å²) in [4.78, 5) is 0. The third-order valence-corrected chi connectivity index (χ3v) is 4.11. The Morgan fingerprint density at radius 3 is 1.68 bits per heavy atom. The summed E-state index contributed by atoms with van der Waals surface area (Å²) >= 11 is 0. The molecule has 0 N–H and O–H groups in total. The molecule has 114 valence electrons. The number of nitrogens with zero attached hydrogens (tertiary/aromatic N) is 1. The number of nitriles is 1. The molecule has 1 nitrogen and oxygen atoms in total. The first kappa shape index (κ1) is 20.8. The second-order valence-corrected chi connectivity index (χ2v) is 5.32. The zero-order chi connectivity index (χ0) is 15.3. The minimum Gasteiger partial charge on any atom is -0.198 e. The van der Waals surface area contributed by atoms with E-state index < -0.39 is 0 Å². The fourth-order valence-electron chi connectivity index (χ4n) is 3.45. The Balaban J connectivity index is 0. The zero-order valence-corrected chi connectivity index (χ0v) is 14.6. The smallest absolute Gasteiger partial charge is 0.0624 e. The zero-order valence-electron chi connectivity index (χ0n) is 14.6. The molecule has 0 aromatic rings. The van der Waals surface area contributed by atoms with Crippen LogP contribution < -0.4 is 0 Å². The van der Waals surface area contributed by atoms with Gasteiger partial charge in [-0.3, -0.25) is 0 Å². The van der Waals surface area contributed by atoms with Crippen LogP contribution in [0.25, 0.3) is 0 Å². The summed E-state index contributed by atoms with van der Waals surface area (Å²) in [5.74, 6) is 1.71. The summed E-state index contributed by atoms with van der Waals surface area (Å²) in [6.45, 7) is 14.4. The van der Waals surface area contributed by atoms with E-state index in [1.807, 2.05) is 41.5 Å². The maximum absolute atomic E-state index is 8.61. The number of rotatable bonds is 1. The van der Waals surface area contributed by atoms with Gasteiger partial charge in [-0.25, -0.2) is 0 Å². The van der Waals surface area contributed by atoms with E-state index in [-0.39, 0.29) is 0 Å². The average Bonchev–Trinajstić information content (AvgIpc) is 2.47. The van der Waals surface area contributed by atoms with Gasteiger partial charge in [-0.05, 0) is 55.8 Å². The molecule has 0 amide bonds. The van der Waals surface area contributed by atoms with Crippen LogP contribution in [0.3, 0.4) is 0 Å². The first-order chi connectivity index (χ1) is 9.24. The molecule has 0 aliphatic heterocycles. The van der Waals surface area contributed by atoms with Gasteiger partial charge in [0.15, 0.2) is 0 Å². The normalized spacial score (nSPS) is 31.1. The Kier molecular flexibility index (Phi) is 13.7. The SMILES string of the molecule is CC.CC.CC.CC1CC2(CCC(CC#N)CC2)C1. The van der Waals surface area contributed by atoms with E-state index >= 15 is 0 Å². The van der Waals surface area contributed by atoms with Crippen LogP contribution in [0.4, 0.5) is 0 Å². The Bertz CT molecular complexity index is 210. The molecule has 0 unspecified atom stereocenters. The molecule has 0 aromatic heterocycles. The first-order valence-corrected chi connectivity index (χ1v) is 8.61. The van der Waals surface area contributed by atoms with Crippen LogP contribution in [0.5, 0.6) is 0 Å². The Morgan fingerprint density at radius 1 is 0.947 bits per heavy atom. The van der Waals surface area contributed by atoms with Gasteiger partial charge in [0.05, 0.1) is 6.07 Å². The maximum Gasteiger partial charge on any atom is 0.0624 e. The Labute approximate surface area is 122 Å². The van der Waals surface area contributed by atoms with E-state index in [1.165, 1.54) is 38.5 Å². The molecular weight excluding hydrogens is 230 g/mol. The van der Waals surface area contributed by atoms with Crippen molar-refractivity contribution >= 4 is 0 Å². The Hall–Kier alpha value is -0.510. The molecule has 0 atom stereocenters. The minimum atomic E-state index is 0.728. The van der Waals surface area contributed by atoms with E-state index in [0.717, 1.165) is 23.7 Å². The second-order valence-electron chi connectivity index (χ2n) is 5.32. The van der Waals surface area contributed by atoms with Crippen molar-refractivity contribution in [3.63, 3.8) is 0 Å². The molecule has 0 saturated heterocycles. The fourth-order valence-corrected chi connectivity index (χ4v) is 3.45. The largest absolute Gasteiger partial charge is 0.198 e. The Morgan fingerprint density at radius 2 is 1.37 bits per heavy atom. The predicted octanol–water partition coefficient (Wildman–Crippen LogP) is 6.59. The van der Waals surface area contributed by atoms with Crippen molar-refractivity contribution in [2.75, 3.05) is 0 Å². The van der Waals surface area contributed by atoms with Crippen LogP contribution in [-0.2, 0) is 0 Å². The lowest BCUT2D eigenvalue weighted by Crippen LogP contribution is -2.39. The summed E-state index contributed by atoms with van der Waals surface area (Å²) in [7, 11) is 0. The van der Waals surface area contributed by atoms with E-state index in [9.17, 15) is 0 Å². The molecule has 0 bridgehead atoms. The van der Waals surface area contributed by atoms with E-state index in [0.29, 0.717) is 0 Å². The summed E-state index contributed by atoms with van der Waals surface area (Å²) in [5.41, 5.74) is 0.741. The van der Waals surface area contributed by atoms with Crippen molar-refractivity contribution in [2.24, 2.45) is 17.3 Å². The van der Waals surface area contributed by atoms with Gasteiger partial charge in [0, 0.05) is 6.42 Å². The highest BCUT2D eigenvalue weighted by molar-refractivity contribution is 4.96. The van der Waals surface area contributed by atoms with E-state index in [2.05, 4.69) is 13.0 Å². The molecule has 1 heteroatoms. The van der Waals surface area contributed by atoms with Crippen LogP contribution in [0, 0.1) is 28.6 Å². The molecule has 2 saturated carbocycles. The molecule has 2 rings (SSSR count). The quantitative estimate of drug-likeness (QED) is 0.526. The average molecular weight is 268 g/mol. The van der Waals surface area contributed by atoms with Crippen molar-refractivity contribution in [1.29, 1.82) is 5.26 Å². The van der Waals surface area contributed by atoms with Gasteiger partial charge >= 0.3 is 0 Å². The van der Waals surface area contributed by atoms with Crippen LogP contribution in [0.15, 0.2) is 0 Å². The summed E-state index contributed by atoms with van der Waals surface area (Å²) in [5, 5.41) is 8.61. The van der Waals surface area contributed by atoms with Crippen molar-refractivity contribution in [3.8, 4) is 6.07 Å². The highest BCUT2D eigenvalue weighted by Gasteiger charge is 2.43. The molecular formula is C18H37N. The molecule has 0 aromatic carbocycles. The number of hydrogen-bond donors (Lipinski definition) is 0. The molecule has 2 fully saturated rings. The topological polar surface area (TPSA) is 23.8 Å². The maximum atomic E-state index is 8.61.